The first-order chi connectivity index (χ1) is 8.63. The van der Waals surface area contributed by atoms with Gasteiger partial charge < -0.3 is 4.74 Å². The number of ether oxygens (including phenoxy) is 1. The molecular weight excluding hydrogens is 230 g/mol. The fourth-order valence-electron chi connectivity index (χ4n) is 1.75. The Morgan fingerprint density at radius 3 is 2.67 bits per heavy atom. The van der Waals surface area contributed by atoms with Crippen molar-refractivity contribution < 1.29 is 9.53 Å². The van der Waals surface area contributed by atoms with Crippen molar-refractivity contribution in [1.29, 1.82) is 0 Å². The Morgan fingerprint density at radius 1 is 1.39 bits per heavy atom. The SMILES string of the molecule is CCCc1c(C(=O)OCC)nnn1CC(C)CC. The van der Waals surface area contributed by atoms with Gasteiger partial charge >= 0.3 is 5.97 Å². The predicted octanol–water partition coefficient (Wildman–Crippen LogP) is 2.45. The molecule has 0 aromatic carbocycles. The van der Waals surface area contributed by atoms with Crippen LogP contribution in [0.2, 0.25) is 0 Å². The molecule has 1 aromatic heterocycles. The first-order valence-electron chi connectivity index (χ1n) is 6.73. The highest BCUT2D eigenvalue weighted by molar-refractivity contribution is 5.88. The van der Waals surface area contributed by atoms with Gasteiger partial charge in [0.05, 0.1) is 12.3 Å². The molecule has 0 aliphatic rings. The van der Waals surface area contributed by atoms with E-state index in [1.165, 1.54) is 0 Å². The normalized spacial score (nSPS) is 12.4. The molecule has 102 valence electrons. The second-order valence-electron chi connectivity index (χ2n) is 4.55. The van der Waals surface area contributed by atoms with Crippen LogP contribution in [-0.4, -0.2) is 27.6 Å². The highest BCUT2D eigenvalue weighted by Crippen LogP contribution is 2.13. The maximum absolute atomic E-state index is 11.8. The highest BCUT2D eigenvalue weighted by atomic mass is 16.5. The third-order valence-electron chi connectivity index (χ3n) is 2.97. The van der Waals surface area contributed by atoms with E-state index in [0.29, 0.717) is 18.2 Å². The van der Waals surface area contributed by atoms with Crippen LogP contribution in [0.4, 0.5) is 0 Å². The van der Waals surface area contributed by atoms with E-state index >= 15 is 0 Å². The Balaban J connectivity index is 2.94. The van der Waals surface area contributed by atoms with Crippen LogP contribution in [0, 0.1) is 5.92 Å². The van der Waals surface area contributed by atoms with Crippen LogP contribution in [0.15, 0.2) is 0 Å². The molecule has 1 rings (SSSR count). The zero-order chi connectivity index (χ0) is 13.5. The summed E-state index contributed by atoms with van der Waals surface area (Å²) in [6.45, 7) is 9.35. The summed E-state index contributed by atoms with van der Waals surface area (Å²) in [6, 6.07) is 0. The third kappa shape index (κ3) is 3.55. The Labute approximate surface area is 109 Å². The van der Waals surface area contributed by atoms with Crippen LogP contribution in [0.25, 0.3) is 0 Å². The summed E-state index contributed by atoms with van der Waals surface area (Å²) in [4.78, 5) is 11.8. The van der Waals surface area contributed by atoms with E-state index in [1.807, 2.05) is 4.68 Å². The maximum Gasteiger partial charge on any atom is 0.360 e. The molecular formula is C13H23N3O2. The van der Waals surface area contributed by atoms with E-state index in [1.54, 1.807) is 6.92 Å². The Morgan fingerprint density at radius 2 is 2.11 bits per heavy atom. The molecule has 0 radical (unpaired) electrons. The number of carbonyl (C=O) groups excluding carboxylic acids is 1. The van der Waals surface area contributed by atoms with E-state index < -0.39 is 0 Å². The zero-order valence-electron chi connectivity index (χ0n) is 11.8. The van der Waals surface area contributed by atoms with Crippen molar-refractivity contribution in [3.05, 3.63) is 11.4 Å². The Kier molecular flexibility index (Phi) is 5.82. The van der Waals surface area contributed by atoms with Crippen molar-refractivity contribution in [1.82, 2.24) is 15.0 Å². The molecule has 0 spiro atoms. The quantitative estimate of drug-likeness (QED) is 0.700. The number of rotatable bonds is 7. The molecule has 18 heavy (non-hydrogen) atoms. The second-order valence-corrected chi connectivity index (χ2v) is 4.55. The van der Waals surface area contributed by atoms with E-state index in [2.05, 4.69) is 31.1 Å². The Hall–Kier alpha value is -1.39. The molecule has 0 aliphatic carbocycles. The van der Waals surface area contributed by atoms with Gasteiger partial charge in [0.15, 0.2) is 5.69 Å². The predicted molar refractivity (Wildman–Crippen MR) is 69.4 cm³/mol. The molecule has 0 saturated carbocycles. The van der Waals surface area contributed by atoms with Gasteiger partial charge in [-0.1, -0.05) is 38.8 Å². The molecule has 0 bridgehead atoms. The maximum atomic E-state index is 11.8. The van der Waals surface area contributed by atoms with Crippen molar-refractivity contribution >= 4 is 5.97 Å². The molecule has 1 atom stereocenters. The third-order valence-corrected chi connectivity index (χ3v) is 2.97. The Bertz CT molecular complexity index is 388. The average Bonchev–Trinajstić information content (AvgIpc) is 2.73. The van der Waals surface area contributed by atoms with Crippen molar-refractivity contribution in [2.24, 2.45) is 5.92 Å². The summed E-state index contributed by atoms with van der Waals surface area (Å²) in [5, 5.41) is 8.07. The minimum atomic E-state index is -0.364. The molecule has 5 heteroatoms. The van der Waals surface area contributed by atoms with E-state index in [9.17, 15) is 4.79 Å². The van der Waals surface area contributed by atoms with Gasteiger partial charge in [0.1, 0.15) is 0 Å². The molecule has 1 aromatic rings. The topological polar surface area (TPSA) is 57.0 Å². The van der Waals surface area contributed by atoms with Crippen LogP contribution in [-0.2, 0) is 17.7 Å². The van der Waals surface area contributed by atoms with Crippen LogP contribution < -0.4 is 0 Å². The summed E-state index contributed by atoms with van der Waals surface area (Å²) in [5.74, 6) is 0.161. The van der Waals surface area contributed by atoms with E-state index in [0.717, 1.165) is 31.5 Å². The molecule has 1 unspecified atom stereocenters. The van der Waals surface area contributed by atoms with E-state index in [4.69, 9.17) is 4.74 Å². The van der Waals surface area contributed by atoms with Crippen molar-refractivity contribution in [2.45, 2.75) is 53.5 Å². The smallest absolute Gasteiger partial charge is 0.360 e. The van der Waals surface area contributed by atoms with Gasteiger partial charge in [0.25, 0.3) is 0 Å². The molecule has 0 saturated heterocycles. The van der Waals surface area contributed by atoms with Gasteiger partial charge in [0, 0.05) is 6.54 Å². The lowest BCUT2D eigenvalue weighted by atomic mass is 10.1. The summed E-state index contributed by atoms with van der Waals surface area (Å²) in [6.07, 6.45) is 2.85. The summed E-state index contributed by atoms with van der Waals surface area (Å²) in [5.41, 5.74) is 1.28. The summed E-state index contributed by atoms with van der Waals surface area (Å²) in [7, 11) is 0. The fourth-order valence-corrected chi connectivity index (χ4v) is 1.75. The molecule has 0 amide bonds. The molecule has 5 nitrogen and oxygen atoms in total. The number of hydrogen-bond acceptors (Lipinski definition) is 4. The zero-order valence-corrected chi connectivity index (χ0v) is 11.8. The van der Waals surface area contributed by atoms with E-state index in [-0.39, 0.29) is 5.97 Å². The fraction of sp³-hybridized carbons (Fsp3) is 0.769. The minimum absolute atomic E-state index is 0.364. The number of nitrogens with zero attached hydrogens (tertiary/aromatic N) is 3. The first kappa shape index (κ1) is 14.7. The van der Waals surface area contributed by atoms with Gasteiger partial charge in [-0.15, -0.1) is 5.10 Å². The summed E-state index contributed by atoms with van der Waals surface area (Å²) >= 11 is 0. The molecule has 0 fully saturated rings. The largest absolute Gasteiger partial charge is 0.461 e. The number of esters is 1. The van der Waals surface area contributed by atoms with Crippen molar-refractivity contribution in [3.63, 3.8) is 0 Å². The van der Waals surface area contributed by atoms with Gasteiger partial charge in [-0.3, -0.25) is 0 Å². The lowest BCUT2D eigenvalue weighted by molar-refractivity contribution is 0.0518. The lowest BCUT2D eigenvalue weighted by Crippen LogP contribution is -2.14. The van der Waals surface area contributed by atoms with Crippen LogP contribution in [0.3, 0.4) is 0 Å². The van der Waals surface area contributed by atoms with Crippen molar-refractivity contribution in [2.75, 3.05) is 6.61 Å². The molecule has 1 heterocycles. The second kappa shape index (κ2) is 7.13. The van der Waals surface area contributed by atoms with Gasteiger partial charge in [-0.05, 0) is 19.3 Å². The first-order valence-corrected chi connectivity index (χ1v) is 6.73. The minimum Gasteiger partial charge on any atom is -0.461 e. The standard InChI is InChI=1S/C13H23N3O2/c1-5-8-11-12(13(17)18-7-3)14-15-16(11)9-10(4)6-2/h10H,5-9H2,1-4H3. The van der Waals surface area contributed by atoms with Gasteiger partial charge in [0.2, 0.25) is 0 Å². The van der Waals surface area contributed by atoms with Crippen molar-refractivity contribution in [3.8, 4) is 0 Å². The monoisotopic (exact) mass is 253 g/mol. The molecule has 0 aliphatic heterocycles. The number of hydrogen-bond donors (Lipinski definition) is 0. The lowest BCUT2D eigenvalue weighted by Gasteiger charge is -2.11. The summed E-state index contributed by atoms with van der Waals surface area (Å²) < 4.78 is 6.86. The van der Waals surface area contributed by atoms with Crippen LogP contribution >= 0.6 is 0 Å². The number of carbonyl (C=O) groups is 1. The van der Waals surface area contributed by atoms with Gasteiger partial charge in [-0.2, -0.15) is 0 Å². The molecule has 0 N–H and O–H groups in total. The van der Waals surface area contributed by atoms with Crippen LogP contribution in [0.5, 0.6) is 0 Å². The van der Waals surface area contributed by atoms with Gasteiger partial charge in [-0.25, -0.2) is 9.48 Å². The number of aromatic nitrogens is 3. The highest BCUT2D eigenvalue weighted by Gasteiger charge is 2.20. The average molecular weight is 253 g/mol. The van der Waals surface area contributed by atoms with Crippen LogP contribution in [0.1, 0.15) is 56.7 Å².